The molecule has 0 spiro atoms. The van der Waals surface area contributed by atoms with E-state index in [-0.39, 0.29) is 11.7 Å². The summed E-state index contributed by atoms with van der Waals surface area (Å²) in [7, 11) is 0. The summed E-state index contributed by atoms with van der Waals surface area (Å²) in [5.41, 5.74) is 2.55. The first-order valence-corrected chi connectivity index (χ1v) is 9.87. The maximum absolute atomic E-state index is 13.0. The van der Waals surface area contributed by atoms with Gasteiger partial charge in [-0.15, -0.1) is 0 Å². The molecule has 1 amide bonds. The van der Waals surface area contributed by atoms with Gasteiger partial charge in [0.25, 0.3) is 5.91 Å². The van der Waals surface area contributed by atoms with Gasteiger partial charge in [0.05, 0.1) is 5.52 Å². The lowest BCUT2D eigenvalue weighted by Crippen LogP contribution is -2.39. The largest absolute Gasteiger partial charge is 0.350 e. The maximum atomic E-state index is 13.0. The molecule has 3 heterocycles. The summed E-state index contributed by atoms with van der Waals surface area (Å²) < 4.78 is 14.7. The molecule has 0 unspecified atom stereocenters. The van der Waals surface area contributed by atoms with Crippen molar-refractivity contribution in [1.29, 1.82) is 0 Å². The van der Waals surface area contributed by atoms with E-state index in [1.165, 1.54) is 17.7 Å². The first kappa shape index (κ1) is 18.6. The number of nitrogens with zero attached hydrogens (tertiary/aromatic N) is 3. The maximum Gasteiger partial charge on any atom is 0.271 e. The van der Waals surface area contributed by atoms with Gasteiger partial charge in [-0.25, -0.2) is 8.91 Å². The van der Waals surface area contributed by atoms with Gasteiger partial charge in [-0.3, -0.25) is 4.79 Å². The van der Waals surface area contributed by atoms with Crippen molar-refractivity contribution < 1.29 is 9.18 Å². The van der Waals surface area contributed by atoms with Crippen LogP contribution in [0.4, 0.5) is 4.39 Å². The number of rotatable bonds is 6. The standard InChI is InChI=1S/C22H25FN4O/c23-19-6-4-17(5-7-19)8-12-26-13-9-18(10-14-26)16-24-22(28)21-15-20-3-1-2-11-27(20)25-21/h1-7,11,15,18H,8-10,12-14,16H2,(H,24,28). The van der Waals surface area contributed by atoms with Crippen LogP contribution >= 0.6 is 0 Å². The van der Waals surface area contributed by atoms with Crippen LogP contribution in [0.3, 0.4) is 0 Å². The minimum atomic E-state index is -0.185. The second kappa shape index (κ2) is 8.52. The van der Waals surface area contributed by atoms with Crippen molar-refractivity contribution in [2.75, 3.05) is 26.2 Å². The first-order valence-electron chi connectivity index (χ1n) is 9.87. The third-order valence-corrected chi connectivity index (χ3v) is 5.49. The number of nitrogens with one attached hydrogen (secondary N) is 1. The Bertz CT molecular complexity index is 896. The predicted molar refractivity (Wildman–Crippen MR) is 107 cm³/mol. The molecular formula is C22H25FN4O. The van der Waals surface area contributed by atoms with Crippen LogP contribution in [0.15, 0.2) is 54.7 Å². The summed E-state index contributed by atoms with van der Waals surface area (Å²) in [6.07, 6.45) is 4.94. The molecule has 0 bridgehead atoms. The second-order valence-electron chi connectivity index (χ2n) is 7.47. The van der Waals surface area contributed by atoms with Crippen LogP contribution in [-0.4, -0.2) is 46.6 Å². The molecule has 1 aromatic carbocycles. The Kier molecular flexibility index (Phi) is 5.67. The van der Waals surface area contributed by atoms with Gasteiger partial charge in [-0.05, 0) is 74.2 Å². The van der Waals surface area contributed by atoms with E-state index in [2.05, 4.69) is 15.3 Å². The van der Waals surface area contributed by atoms with Crippen LogP contribution in [-0.2, 0) is 6.42 Å². The summed E-state index contributed by atoms with van der Waals surface area (Å²) in [6, 6.07) is 14.3. The minimum Gasteiger partial charge on any atom is -0.350 e. The Morgan fingerprint density at radius 3 is 2.68 bits per heavy atom. The van der Waals surface area contributed by atoms with E-state index in [1.54, 1.807) is 4.52 Å². The molecule has 1 fully saturated rings. The number of hydrogen-bond donors (Lipinski definition) is 1. The zero-order valence-corrected chi connectivity index (χ0v) is 15.9. The summed E-state index contributed by atoms with van der Waals surface area (Å²) in [5.74, 6) is 0.209. The molecule has 1 saturated heterocycles. The molecule has 1 aliphatic heterocycles. The third-order valence-electron chi connectivity index (χ3n) is 5.49. The molecule has 2 aromatic heterocycles. The van der Waals surface area contributed by atoms with E-state index in [9.17, 15) is 9.18 Å². The molecule has 146 valence electrons. The van der Waals surface area contributed by atoms with Gasteiger partial charge in [0.15, 0.2) is 5.69 Å². The lowest BCUT2D eigenvalue weighted by Gasteiger charge is -2.32. The third kappa shape index (κ3) is 4.57. The fraction of sp³-hybridized carbons (Fsp3) is 0.364. The van der Waals surface area contributed by atoms with Gasteiger partial charge in [-0.2, -0.15) is 5.10 Å². The number of piperidine rings is 1. The van der Waals surface area contributed by atoms with Gasteiger partial charge in [0, 0.05) is 19.3 Å². The smallest absolute Gasteiger partial charge is 0.271 e. The van der Waals surface area contributed by atoms with E-state index in [1.807, 2.05) is 42.6 Å². The number of pyridine rings is 1. The summed E-state index contributed by atoms with van der Waals surface area (Å²) in [5, 5.41) is 7.36. The Morgan fingerprint density at radius 2 is 1.93 bits per heavy atom. The molecule has 0 aliphatic carbocycles. The number of carbonyl (C=O) groups excluding carboxylic acids is 1. The molecule has 6 heteroatoms. The Morgan fingerprint density at radius 1 is 1.14 bits per heavy atom. The number of hydrogen-bond acceptors (Lipinski definition) is 3. The molecule has 0 atom stereocenters. The number of fused-ring (bicyclic) bond motifs is 1. The van der Waals surface area contributed by atoms with E-state index in [0.29, 0.717) is 18.2 Å². The van der Waals surface area contributed by atoms with Crippen LogP contribution < -0.4 is 5.32 Å². The zero-order valence-electron chi connectivity index (χ0n) is 15.9. The van der Waals surface area contributed by atoms with Crippen LogP contribution in [0.1, 0.15) is 28.9 Å². The summed E-state index contributed by atoms with van der Waals surface area (Å²) in [6.45, 7) is 3.76. The van der Waals surface area contributed by atoms with Crippen LogP contribution in [0, 0.1) is 11.7 Å². The van der Waals surface area contributed by atoms with Crippen molar-refractivity contribution >= 4 is 11.4 Å². The predicted octanol–water partition coefficient (Wildman–Crippen LogP) is 3.16. The number of likely N-dealkylation sites (tertiary alicyclic amines) is 1. The van der Waals surface area contributed by atoms with E-state index in [0.717, 1.165) is 44.4 Å². The normalized spacial score (nSPS) is 15.8. The molecule has 3 aromatic rings. The van der Waals surface area contributed by atoms with Crippen molar-refractivity contribution in [3.63, 3.8) is 0 Å². The van der Waals surface area contributed by atoms with Crippen LogP contribution in [0.25, 0.3) is 5.52 Å². The van der Waals surface area contributed by atoms with Gasteiger partial charge in [-0.1, -0.05) is 18.2 Å². The highest BCUT2D eigenvalue weighted by molar-refractivity contribution is 5.93. The molecule has 4 rings (SSSR count). The lowest BCUT2D eigenvalue weighted by molar-refractivity contribution is 0.0931. The lowest BCUT2D eigenvalue weighted by atomic mass is 9.96. The van der Waals surface area contributed by atoms with Gasteiger partial charge in [0.2, 0.25) is 0 Å². The Labute approximate surface area is 164 Å². The number of aromatic nitrogens is 2. The van der Waals surface area contributed by atoms with Gasteiger partial charge in [0.1, 0.15) is 5.82 Å². The fourth-order valence-corrected chi connectivity index (χ4v) is 3.73. The number of carbonyl (C=O) groups is 1. The van der Waals surface area contributed by atoms with Crippen molar-refractivity contribution in [2.45, 2.75) is 19.3 Å². The van der Waals surface area contributed by atoms with Gasteiger partial charge < -0.3 is 10.2 Å². The highest BCUT2D eigenvalue weighted by atomic mass is 19.1. The topological polar surface area (TPSA) is 49.6 Å². The molecule has 0 radical (unpaired) electrons. The van der Waals surface area contributed by atoms with Crippen molar-refractivity contribution in [3.8, 4) is 0 Å². The highest BCUT2D eigenvalue weighted by Crippen LogP contribution is 2.17. The molecule has 1 N–H and O–H groups in total. The minimum absolute atomic E-state index is 0.109. The van der Waals surface area contributed by atoms with E-state index < -0.39 is 0 Å². The van der Waals surface area contributed by atoms with Crippen molar-refractivity contribution in [1.82, 2.24) is 19.8 Å². The van der Waals surface area contributed by atoms with Crippen LogP contribution in [0.2, 0.25) is 0 Å². The molecule has 0 saturated carbocycles. The fourth-order valence-electron chi connectivity index (χ4n) is 3.73. The first-order chi connectivity index (χ1) is 13.7. The van der Waals surface area contributed by atoms with Crippen molar-refractivity contribution in [3.05, 3.63) is 71.8 Å². The molecular weight excluding hydrogens is 355 g/mol. The molecule has 5 nitrogen and oxygen atoms in total. The van der Waals surface area contributed by atoms with E-state index in [4.69, 9.17) is 0 Å². The SMILES string of the molecule is O=C(NCC1CCN(CCc2ccc(F)cc2)CC1)c1cc2ccccn2n1. The monoisotopic (exact) mass is 380 g/mol. The quantitative estimate of drug-likeness (QED) is 0.715. The highest BCUT2D eigenvalue weighted by Gasteiger charge is 2.20. The second-order valence-corrected chi connectivity index (χ2v) is 7.47. The van der Waals surface area contributed by atoms with Crippen LogP contribution in [0.5, 0.6) is 0 Å². The van der Waals surface area contributed by atoms with Crippen molar-refractivity contribution in [2.24, 2.45) is 5.92 Å². The zero-order chi connectivity index (χ0) is 19.3. The van der Waals surface area contributed by atoms with E-state index >= 15 is 0 Å². The summed E-state index contributed by atoms with van der Waals surface area (Å²) in [4.78, 5) is 14.8. The Balaban J connectivity index is 1.20. The average Bonchev–Trinajstić information content (AvgIpc) is 3.17. The van der Waals surface area contributed by atoms with Gasteiger partial charge >= 0.3 is 0 Å². The number of amides is 1. The Hall–Kier alpha value is -2.73. The molecule has 1 aliphatic rings. The number of benzene rings is 1. The molecule has 28 heavy (non-hydrogen) atoms. The number of halogens is 1. The average molecular weight is 380 g/mol. The summed E-state index contributed by atoms with van der Waals surface area (Å²) >= 11 is 0.